The normalized spacial score (nSPS) is 18.0. The number of nitrogens with one attached hydrogen (secondary N) is 3. The maximum Gasteiger partial charge on any atom is 0.257 e. The van der Waals surface area contributed by atoms with Gasteiger partial charge in [0.15, 0.2) is 0 Å². The molecule has 0 atom stereocenters. The number of hydrogen-bond acceptors (Lipinski definition) is 4. The highest BCUT2D eigenvalue weighted by molar-refractivity contribution is 6.31. The summed E-state index contributed by atoms with van der Waals surface area (Å²) < 4.78 is 14.6. The van der Waals surface area contributed by atoms with Crippen LogP contribution in [0.5, 0.6) is 0 Å². The number of benzene rings is 2. The molecule has 7 heteroatoms. The van der Waals surface area contributed by atoms with Gasteiger partial charge in [-0.1, -0.05) is 18.2 Å². The van der Waals surface area contributed by atoms with E-state index in [4.69, 9.17) is 0 Å². The fraction of sp³-hybridized carbons (Fsp3) is 0.200. The van der Waals surface area contributed by atoms with Crippen molar-refractivity contribution in [3.63, 3.8) is 0 Å². The second kappa shape index (κ2) is 7.11. The van der Waals surface area contributed by atoms with Gasteiger partial charge in [0.1, 0.15) is 5.82 Å². The first-order valence-electron chi connectivity index (χ1n) is 8.80. The second-order valence-corrected chi connectivity index (χ2v) is 6.46. The molecule has 0 bridgehead atoms. The lowest BCUT2D eigenvalue weighted by Gasteiger charge is -2.22. The maximum atomic E-state index is 14.6. The number of fused-ring (bicyclic) bond motifs is 1. The van der Waals surface area contributed by atoms with Crippen molar-refractivity contribution in [3.05, 3.63) is 60.0 Å². The van der Waals surface area contributed by atoms with E-state index in [1.165, 1.54) is 6.07 Å². The van der Waals surface area contributed by atoms with Crippen molar-refractivity contribution >= 4 is 34.4 Å². The molecule has 1 saturated heterocycles. The van der Waals surface area contributed by atoms with E-state index < -0.39 is 0 Å². The van der Waals surface area contributed by atoms with Gasteiger partial charge >= 0.3 is 0 Å². The van der Waals surface area contributed by atoms with Gasteiger partial charge in [-0.05, 0) is 24.3 Å². The average molecular weight is 366 g/mol. The van der Waals surface area contributed by atoms with Crippen LogP contribution in [-0.4, -0.2) is 31.4 Å². The van der Waals surface area contributed by atoms with Gasteiger partial charge in [0, 0.05) is 49.2 Å². The Balaban J connectivity index is 1.52. The Morgan fingerprint density at radius 3 is 2.81 bits per heavy atom. The minimum atomic E-state index is -0.371. The Morgan fingerprint density at radius 2 is 1.96 bits per heavy atom. The molecule has 1 fully saturated rings. The fourth-order valence-corrected chi connectivity index (χ4v) is 3.30. The standard InChI is InChI=1S/C20H19FN4O2/c21-16-11-13(5-6-18(16)25-9-7-19(26)22-8-10-25)23-12-15-14-3-1-2-4-17(14)24-20(15)27/h1-6,11-12,23H,7-10H2,(H,22,26)(H,24,27). The Bertz CT molecular complexity index is 941. The molecule has 2 heterocycles. The highest BCUT2D eigenvalue weighted by atomic mass is 19.1. The van der Waals surface area contributed by atoms with Crippen molar-refractivity contribution in [2.45, 2.75) is 6.42 Å². The molecule has 0 aromatic heterocycles. The lowest BCUT2D eigenvalue weighted by molar-refractivity contribution is -0.120. The molecule has 27 heavy (non-hydrogen) atoms. The van der Waals surface area contributed by atoms with Crippen molar-refractivity contribution in [2.24, 2.45) is 0 Å². The van der Waals surface area contributed by atoms with Gasteiger partial charge in [-0.15, -0.1) is 0 Å². The molecular weight excluding hydrogens is 347 g/mol. The maximum absolute atomic E-state index is 14.6. The number of anilines is 3. The first-order chi connectivity index (χ1) is 13.1. The highest BCUT2D eigenvalue weighted by Crippen LogP contribution is 2.31. The van der Waals surface area contributed by atoms with Crippen LogP contribution in [0.4, 0.5) is 21.5 Å². The van der Waals surface area contributed by atoms with Crippen molar-refractivity contribution in [3.8, 4) is 0 Å². The summed E-state index contributed by atoms with van der Waals surface area (Å²) in [7, 11) is 0. The lowest BCUT2D eigenvalue weighted by Crippen LogP contribution is -2.29. The van der Waals surface area contributed by atoms with Gasteiger partial charge in [0.2, 0.25) is 5.91 Å². The van der Waals surface area contributed by atoms with Crippen molar-refractivity contribution in [1.29, 1.82) is 0 Å². The summed E-state index contributed by atoms with van der Waals surface area (Å²) in [6.45, 7) is 1.55. The van der Waals surface area contributed by atoms with Gasteiger partial charge in [0.25, 0.3) is 5.91 Å². The zero-order chi connectivity index (χ0) is 18.8. The molecule has 6 nitrogen and oxygen atoms in total. The van der Waals surface area contributed by atoms with Crippen LogP contribution in [0.3, 0.4) is 0 Å². The minimum Gasteiger partial charge on any atom is -0.367 e. The Hall–Kier alpha value is -3.35. The second-order valence-electron chi connectivity index (χ2n) is 6.46. The van der Waals surface area contributed by atoms with Gasteiger partial charge < -0.3 is 20.9 Å². The molecule has 0 unspecified atom stereocenters. The van der Waals surface area contributed by atoms with Crippen LogP contribution in [0, 0.1) is 5.82 Å². The summed E-state index contributed by atoms with van der Waals surface area (Å²) in [6.07, 6.45) is 1.93. The molecule has 3 N–H and O–H groups in total. The summed E-state index contributed by atoms with van der Waals surface area (Å²) in [5, 5.41) is 8.57. The van der Waals surface area contributed by atoms with Gasteiger partial charge in [-0.3, -0.25) is 9.59 Å². The third kappa shape index (κ3) is 3.48. The van der Waals surface area contributed by atoms with Crippen LogP contribution < -0.4 is 20.9 Å². The predicted octanol–water partition coefficient (Wildman–Crippen LogP) is 2.56. The molecule has 2 aliphatic heterocycles. The summed E-state index contributed by atoms with van der Waals surface area (Å²) in [6, 6.07) is 12.3. The number of nitrogens with zero attached hydrogens (tertiary/aromatic N) is 1. The number of halogens is 1. The predicted molar refractivity (Wildman–Crippen MR) is 103 cm³/mol. The molecule has 0 spiro atoms. The van der Waals surface area contributed by atoms with Gasteiger partial charge in [-0.2, -0.15) is 0 Å². The van der Waals surface area contributed by atoms with Gasteiger partial charge in [-0.25, -0.2) is 4.39 Å². The molecule has 0 aliphatic carbocycles. The van der Waals surface area contributed by atoms with Crippen LogP contribution in [-0.2, 0) is 9.59 Å². The molecule has 138 valence electrons. The lowest BCUT2D eigenvalue weighted by atomic mass is 10.1. The van der Waals surface area contributed by atoms with Crippen molar-refractivity contribution in [1.82, 2.24) is 5.32 Å². The molecular formula is C20H19FN4O2. The fourth-order valence-electron chi connectivity index (χ4n) is 3.30. The molecule has 0 radical (unpaired) electrons. The Morgan fingerprint density at radius 1 is 1.11 bits per heavy atom. The third-order valence-electron chi connectivity index (χ3n) is 4.69. The van der Waals surface area contributed by atoms with E-state index in [2.05, 4.69) is 16.0 Å². The summed E-state index contributed by atoms with van der Waals surface area (Å²) >= 11 is 0. The van der Waals surface area contributed by atoms with E-state index in [1.807, 2.05) is 29.2 Å². The Kier molecular flexibility index (Phi) is 4.50. The van der Waals surface area contributed by atoms with Crippen LogP contribution in [0.15, 0.2) is 48.7 Å². The van der Waals surface area contributed by atoms with E-state index in [1.54, 1.807) is 18.3 Å². The molecule has 2 aliphatic rings. The average Bonchev–Trinajstić information content (AvgIpc) is 2.82. The van der Waals surface area contributed by atoms with Gasteiger partial charge in [0.05, 0.1) is 11.3 Å². The Labute approximate surface area is 156 Å². The number of rotatable bonds is 3. The number of hydrogen-bond donors (Lipinski definition) is 3. The SMILES string of the molecule is O=C1CCN(c2ccc(NC=C3C(=O)Nc4ccccc43)cc2F)CCN1. The zero-order valence-corrected chi connectivity index (χ0v) is 14.6. The quantitative estimate of drug-likeness (QED) is 0.730. The van der Waals surface area contributed by atoms with Crippen molar-refractivity contribution in [2.75, 3.05) is 35.2 Å². The molecule has 2 amide bonds. The molecule has 0 saturated carbocycles. The minimum absolute atomic E-state index is 0.0158. The van der Waals surface area contributed by atoms with E-state index in [0.717, 1.165) is 11.3 Å². The number of carbonyl (C=O) groups is 2. The summed E-state index contributed by atoms with van der Waals surface area (Å²) in [4.78, 5) is 25.4. The zero-order valence-electron chi connectivity index (χ0n) is 14.6. The van der Waals surface area contributed by atoms with E-state index in [-0.39, 0.29) is 17.6 Å². The van der Waals surface area contributed by atoms with Crippen LogP contribution in [0.2, 0.25) is 0 Å². The number of carbonyl (C=O) groups excluding carboxylic acids is 2. The topological polar surface area (TPSA) is 73.5 Å². The largest absolute Gasteiger partial charge is 0.367 e. The molecule has 4 rings (SSSR count). The summed E-state index contributed by atoms with van der Waals surface area (Å²) in [5.41, 5.74) is 3.10. The van der Waals surface area contributed by atoms with Crippen LogP contribution >= 0.6 is 0 Å². The number of para-hydroxylation sites is 1. The smallest absolute Gasteiger partial charge is 0.257 e. The van der Waals surface area contributed by atoms with E-state index in [9.17, 15) is 14.0 Å². The van der Waals surface area contributed by atoms with Crippen LogP contribution in [0.1, 0.15) is 12.0 Å². The molecule has 2 aromatic carbocycles. The van der Waals surface area contributed by atoms with Crippen molar-refractivity contribution < 1.29 is 14.0 Å². The highest BCUT2D eigenvalue weighted by Gasteiger charge is 2.23. The van der Waals surface area contributed by atoms with E-state index >= 15 is 0 Å². The first kappa shape index (κ1) is 17.1. The summed E-state index contributed by atoms with van der Waals surface area (Å²) in [5.74, 6) is -0.579. The van der Waals surface area contributed by atoms with E-state index in [0.29, 0.717) is 43.0 Å². The number of amides is 2. The monoisotopic (exact) mass is 366 g/mol. The first-order valence-corrected chi connectivity index (χ1v) is 8.80. The third-order valence-corrected chi connectivity index (χ3v) is 4.69. The molecule has 2 aromatic rings. The van der Waals surface area contributed by atoms with Crippen LogP contribution in [0.25, 0.3) is 5.57 Å².